The number of hydrogen-bond acceptors (Lipinski definition) is 6. The number of nitrogens with zero attached hydrogens (tertiary/aromatic N) is 5. The Bertz CT molecular complexity index is 1100. The molecule has 0 N–H and O–H groups in total. The molecule has 0 aliphatic carbocycles. The Hall–Kier alpha value is -2.45. The van der Waals surface area contributed by atoms with Crippen molar-refractivity contribution in [1.29, 1.82) is 0 Å². The first-order valence-corrected chi connectivity index (χ1v) is 11.2. The van der Waals surface area contributed by atoms with Crippen molar-refractivity contribution >= 4 is 26.7 Å². The molecule has 3 aromatic rings. The average molecular weight is 398 g/mol. The lowest BCUT2D eigenvalue weighted by atomic mass is 9.99. The molecule has 0 saturated carbocycles. The smallest absolute Gasteiger partial charge is 0.269 e. The van der Waals surface area contributed by atoms with Crippen LogP contribution in [0.15, 0.2) is 53.9 Å². The Morgan fingerprint density at radius 3 is 2.79 bits per heavy atom. The molecule has 7 nitrogen and oxygen atoms in total. The van der Waals surface area contributed by atoms with Crippen molar-refractivity contribution in [1.82, 2.24) is 18.8 Å². The number of rotatable bonds is 3. The minimum atomic E-state index is -3.73. The maximum absolute atomic E-state index is 13.2. The van der Waals surface area contributed by atoms with Crippen LogP contribution in [0, 0.1) is 0 Å². The Kier molecular flexibility index (Phi) is 4.32. The molecule has 5 rings (SSSR count). The quantitative estimate of drug-likeness (QED) is 0.676. The van der Waals surface area contributed by atoms with E-state index in [4.69, 9.17) is 0 Å². The summed E-state index contributed by atoms with van der Waals surface area (Å²) < 4.78 is 27.8. The van der Waals surface area contributed by atoms with Crippen molar-refractivity contribution in [3.8, 4) is 0 Å². The molecule has 0 amide bonds. The first-order chi connectivity index (χ1) is 13.6. The van der Waals surface area contributed by atoms with Crippen molar-refractivity contribution < 1.29 is 8.42 Å². The molecule has 28 heavy (non-hydrogen) atoms. The van der Waals surface area contributed by atoms with Crippen molar-refractivity contribution in [2.75, 3.05) is 31.1 Å². The predicted molar refractivity (Wildman–Crippen MR) is 108 cm³/mol. The second-order valence-electron chi connectivity index (χ2n) is 7.51. The molecule has 0 aromatic carbocycles. The SMILES string of the molecule is O=S(=O)(c1cccnc1)n1cc(N2CCN3CCCCC3C2)c2ncccc21. The van der Waals surface area contributed by atoms with E-state index in [2.05, 4.69) is 19.8 Å². The van der Waals surface area contributed by atoms with Gasteiger partial charge in [0.1, 0.15) is 10.4 Å². The summed E-state index contributed by atoms with van der Waals surface area (Å²) in [5.41, 5.74) is 2.24. The van der Waals surface area contributed by atoms with Gasteiger partial charge in [0.05, 0.1) is 11.2 Å². The molecular weight excluding hydrogens is 374 g/mol. The summed E-state index contributed by atoms with van der Waals surface area (Å²) in [4.78, 5) is 13.6. The molecule has 0 radical (unpaired) electrons. The Labute approximate surface area is 164 Å². The Balaban J connectivity index is 1.58. The molecule has 2 aliphatic heterocycles. The summed E-state index contributed by atoms with van der Waals surface area (Å²) in [6.45, 7) is 4.00. The van der Waals surface area contributed by atoms with Gasteiger partial charge in [-0.3, -0.25) is 14.9 Å². The van der Waals surface area contributed by atoms with Gasteiger partial charge in [-0.05, 0) is 43.7 Å². The lowest BCUT2D eigenvalue weighted by Gasteiger charge is -2.44. The summed E-state index contributed by atoms with van der Waals surface area (Å²) in [5, 5.41) is 0. The van der Waals surface area contributed by atoms with Crippen LogP contribution < -0.4 is 4.90 Å². The number of anilines is 1. The molecule has 8 heteroatoms. The third-order valence-electron chi connectivity index (χ3n) is 5.88. The molecule has 1 unspecified atom stereocenters. The molecule has 3 aromatic heterocycles. The van der Waals surface area contributed by atoms with Gasteiger partial charge in [-0.25, -0.2) is 12.4 Å². The fourth-order valence-electron chi connectivity index (χ4n) is 4.43. The van der Waals surface area contributed by atoms with Gasteiger partial charge >= 0.3 is 0 Å². The van der Waals surface area contributed by atoms with Crippen LogP contribution in [-0.2, 0) is 10.0 Å². The molecule has 0 spiro atoms. The fraction of sp³-hybridized carbons (Fsp3) is 0.400. The first kappa shape index (κ1) is 17.6. The Morgan fingerprint density at radius 1 is 1.04 bits per heavy atom. The van der Waals surface area contributed by atoms with Gasteiger partial charge in [0.25, 0.3) is 10.0 Å². The second kappa shape index (κ2) is 6.86. The highest BCUT2D eigenvalue weighted by Crippen LogP contribution is 2.33. The van der Waals surface area contributed by atoms with Crippen molar-refractivity contribution in [2.24, 2.45) is 0 Å². The van der Waals surface area contributed by atoms with Crippen molar-refractivity contribution in [2.45, 2.75) is 30.2 Å². The molecule has 2 fully saturated rings. The van der Waals surface area contributed by atoms with Gasteiger partial charge in [-0.2, -0.15) is 0 Å². The van der Waals surface area contributed by atoms with Gasteiger partial charge in [0, 0.05) is 50.5 Å². The standard InChI is InChI=1S/C20H23N5O2S/c26-28(27,17-6-3-8-21-13-17)25-15-19(20-18(25)7-4-9-22-20)24-12-11-23-10-2-1-5-16(23)14-24/h3-4,6-9,13,15-16H,1-2,5,10-12,14H2. The van der Waals surface area contributed by atoms with Crippen LogP contribution >= 0.6 is 0 Å². The Morgan fingerprint density at radius 2 is 1.93 bits per heavy atom. The minimum absolute atomic E-state index is 0.180. The summed E-state index contributed by atoms with van der Waals surface area (Å²) >= 11 is 0. The number of hydrogen-bond donors (Lipinski definition) is 0. The molecule has 1 atom stereocenters. The lowest BCUT2D eigenvalue weighted by molar-refractivity contribution is 0.133. The summed E-state index contributed by atoms with van der Waals surface area (Å²) in [6, 6.07) is 7.35. The summed E-state index contributed by atoms with van der Waals surface area (Å²) in [6.07, 6.45) is 10.2. The van der Waals surface area contributed by atoms with Gasteiger partial charge in [-0.1, -0.05) is 6.42 Å². The number of aromatic nitrogens is 3. The third-order valence-corrected chi connectivity index (χ3v) is 7.53. The minimum Gasteiger partial charge on any atom is -0.366 e. The van der Waals surface area contributed by atoms with Gasteiger partial charge in [0.2, 0.25) is 0 Å². The van der Waals surface area contributed by atoms with E-state index in [1.807, 2.05) is 6.07 Å². The zero-order valence-electron chi connectivity index (χ0n) is 15.6. The van der Waals surface area contributed by atoms with E-state index < -0.39 is 10.0 Å². The van der Waals surface area contributed by atoms with E-state index in [0.29, 0.717) is 11.6 Å². The van der Waals surface area contributed by atoms with E-state index in [1.54, 1.807) is 36.8 Å². The molecule has 146 valence electrons. The topological polar surface area (TPSA) is 71.3 Å². The molecule has 2 aliphatic rings. The van der Waals surface area contributed by atoms with Crippen LogP contribution in [0.1, 0.15) is 19.3 Å². The number of piperazine rings is 1. The molecule has 5 heterocycles. The molecule has 2 saturated heterocycles. The fourth-order valence-corrected chi connectivity index (χ4v) is 5.75. The van der Waals surface area contributed by atoms with Gasteiger partial charge < -0.3 is 4.90 Å². The molecular formula is C20H23N5O2S. The largest absolute Gasteiger partial charge is 0.366 e. The number of fused-ring (bicyclic) bond motifs is 2. The van der Waals surface area contributed by atoms with Crippen LogP contribution in [-0.4, -0.2) is 59.5 Å². The van der Waals surface area contributed by atoms with Crippen LogP contribution in [0.25, 0.3) is 11.0 Å². The highest BCUT2D eigenvalue weighted by atomic mass is 32.2. The summed E-state index contributed by atoms with van der Waals surface area (Å²) in [5.74, 6) is 0. The van der Waals surface area contributed by atoms with E-state index in [-0.39, 0.29) is 4.90 Å². The third kappa shape index (κ3) is 2.87. The summed E-state index contributed by atoms with van der Waals surface area (Å²) in [7, 11) is -3.73. The number of pyridine rings is 2. The van der Waals surface area contributed by atoms with Crippen LogP contribution in [0.3, 0.4) is 0 Å². The zero-order chi connectivity index (χ0) is 19.1. The maximum atomic E-state index is 13.2. The maximum Gasteiger partial charge on any atom is 0.269 e. The van der Waals surface area contributed by atoms with E-state index in [0.717, 1.165) is 30.8 Å². The van der Waals surface area contributed by atoms with E-state index >= 15 is 0 Å². The van der Waals surface area contributed by atoms with Gasteiger partial charge in [-0.15, -0.1) is 0 Å². The predicted octanol–water partition coefficient (Wildman–Crippen LogP) is 2.34. The monoisotopic (exact) mass is 397 g/mol. The van der Waals surface area contributed by atoms with Crippen LogP contribution in [0.4, 0.5) is 5.69 Å². The molecule has 0 bridgehead atoms. The van der Waals surface area contributed by atoms with Crippen LogP contribution in [0.5, 0.6) is 0 Å². The number of piperidine rings is 1. The zero-order valence-corrected chi connectivity index (χ0v) is 16.4. The second-order valence-corrected chi connectivity index (χ2v) is 9.32. The first-order valence-electron chi connectivity index (χ1n) is 9.75. The average Bonchev–Trinajstić information content (AvgIpc) is 3.15. The van der Waals surface area contributed by atoms with Crippen molar-refractivity contribution in [3.05, 3.63) is 49.1 Å². The van der Waals surface area contributed by atoms with Gasteiger partial charge in [0.15, 0.2) is 0 Å². The normalized spacial score (nSPS) is 21.0. The lowest BCUT2D eigenvalue weighted by Crippen LogP contribution is -2.54. The highest BCUT2D eigenvalue weighted by Gasteiger charge is 2.31. The van der Waals surface area contributed by atoms with E-state index in [1.165, 1.54) is 36.0 Å². The van der Waals surface area contributed by atoms with Crippen LogP contribution in [0.2, 0.25) is 0 Å². The highest BCUT2D eigenvalue weighted by molar-refractivity contribution is 7.90. The van der Waals surface area contributed by atoms with Crippen molar-refractivity contribution in [3.63, 3.8) is 0 Å². The van der Waals surface area contributed by atoms with E-state index in [9.17, 15) is 8.42 Å².